The lowest BCUT2D eigenvalue weighted by molar-refractivity contribution is 0.196. The lowest BCUT2D eigenvalue weighted by atomic mass is 9.97. The lowest BCUT2D eigenvalue weighted by Gasteiger charge is -2.26. The highest BCUT2D eigenvalue weighted by molar-refractivity contribution is 7.99. The molecule has 0 rings (SSSR count). The highest BCUT2D eigenvalue weighted by Crippen LogP contribution is 2.19. The predicted molar refractivity (Wildman–Crippen MR) is 75.1 cm³/mol. The smallest absolute Gasteiger partial charge is 0.104 e. The Morgan fingerprint density at radius 2 is 1.94 bits per heavy atom. The Morgan fingerprint density at radius 1 is 1.35 bits per heavy atom. The Bertz CT molecular complexity index is 250. The molecular formula is C13H26N2OS. The molecule has 0 saturated heterocycles. The van der Waals surface area contributed by atoms with E-state index in [0.717, 1.165) is 18.6 Å². The van der Waals surface area contributed by atoms with Crippen molar-refractivity contribution in [1.82, 2.24) is 5.32 Å². The first-order chi connectivity index (χ1) is 7.80. The molecule has 2 N–H and O–H groups in total. The third-order valence-electron chi connectivity index (χ3n) is 2.74. The molecule has 3 nitrogen and oxygen atoms in total. The van der Waals surface area contributed by atoms with E-state index in [-0.39, 0.29) is 11.4 Å². The van der Waals surface area contributed by atoms with Gasteiger partial charge in [0.15, 0.2) is 0 Å². The van der Waals surface area contributed by atoms with E-state index in [1.165, 1.54) is 0 Å². The summed E-state index contributed by atoms with van der Waals surface area (Å²) in [5.41, 5.74) is -0.428. The van der Waals surface area contributed by atoms with E-state index in [2.05, 4.69) is 25.2 Å². The van der Waals surface area contributed by atoms with Crippen molar-refractivity contribution in [2.75, 3.05) is 5.75 Å². The van der Waals surface area contributed by atoms with Crippen LogP contribution in [0.15, 0.2) is 0 Å². The Morgan fingerprint density at radius 3 is 2.35 bits per heavy atom. The van der Waals surface area contributed by atoms with Gasteiger partial charge < -0.3 is 5.11 Å². The van der Waals surface area contributed by atoms with Gasteiger partial charge in [0.05, 0.1) is 12.2 Å². The van der Waals surface area contributed by atoms with Gasteiger partial charge in [0.2, 0.25) is 0 Å². The molecule has 0 aromatic rings. The van der Waals surface area contributed by atoms with Gasteiger partial charge in [-0.2, -0.15) is 17.0 Å². The van der Waals surface area contributed by atoms with E-state index < -0.39 is 5.54 Å². The van der Waals surface area contributed by atoms with Crippen LogP contribution in [0.3, 0.4) is 0 Å². The van der Waals surface area contributed by atoms with Crippen LogP contribution in [-0.2, 0) is 0 Å². The number of aliphatic hydroxyl groups excluding tert-OH is 1. The van der Waals surface area contributed by atoms with E-state index in [1.807, 2.05) is 20.8 Å². The van der Waals surface area contributed by atoms with Crippen molar-refractivity contribution in [1.29, 1.82) is 5.26 Å². The quantitative estimate of drug-likeness (QED) is 0.657. The molecule has 17 heavy (non-hydrogen) atoms. The molecule has 3 unspecified atom stereocenters. The predicted octanol–water partition coefficient (Wildman–Crippen LogP) is 2.55. The Balaban J connectivity index is 3.89. The fraction of sp³-hybridized carbons (Fsp3) is 0.923. The molecule has 0 amide bonds. The van der Waals surface area contributed by atoms with Crippen molar-refractivity contribution < 1.29 is 5.11 Å². The van der Waals surface area contributed by atoms with Crippen molar-refractivity contribution in [3.63, 3.8) is 0 Å². The summed E-state index contributed by atoms with van der Waals surface area (Å²) in [6, 6.07) is 2.67. The number of rotatable bonds is 8. The monoisotopic (exact) mass is 258 g/mol. The number of aliphatic hydroxyl groups is 1. The summed E-state index contributed by atoms with van der Waals surface area (Å²) in [7, 11) is 0. The maximum absolute atomic E-state index is 9.36. The number of nitriles is 1. The van der Waals surface area contributed by atoms with Gasteiger partial charge >= 0.3 is 0 Å². The summed E-state index contributed by atoms with van der Waals surface area (Å²) in [6.07, 6.45) is 1.57. The molecule has 0 bridgehead atoms. The van der Waals surface area contributed by atoms with Crippen LogP contribution in [0, 0.1) is 11.3 Å². The zero-order valence-electron chi connectivity index (χ0n) is 11.7. The van der Waals surface area contributed by atoms with Crippen molar-refractivity contribution in [2.45, 2.75) is 70.4 Å². The molecule has 0 aliphatic carbocycles. The van der Waals surface area contributed by atoms with E-state index >= 15 is 0 Å². The second-order valence-electron chi connectivity index (χ2n) is 5.16. The van der Waals surface area contributed by atoms with Gasteiger partial charge in [0, 0.05) is 11.3 Å². The first-order valence-corrected chi connectivity index (χ1v) is 7.34. The van der Waals surface area contributed by atoms with Gasteiger partial charge in [-0.25, -0.2) is 0 Å². The van der Waals surface area contributed by atoms with Crippen LogP contribution < -0.4 is 5.32 Å². The fourth-order valence-corrected chi connectivity index (χ4v) is 2.59. The number of nitrogens with one attached hydrogen (secondary N) is 1. The third-order valence-corrected chi connectivity index (χ3v) is 4.18. The molecule has 0 aromatic carbocycles. The van der Waals surface area contributed by atoms with Gasteiger partial charge in [0.25, 0.3) is 0 Å². The second kappa shape index (κ2) is 7.97. The molecule has 0 spiro atoms. The molecule has 3 atom stereocenters. The Kier molecular flexibility index (Phi) is 7.85. The summed E-state index contributed by atoms with van der Waals surface area (Å²) in [5, 5.41) is 22.1. The van der Waals surface area contributed by atoms with Gasteiger partial charge in [0.1, 0.15) is 5.54 Å². The normalized spacial score (nSPS) is 18.5. The van der Waals surface area contributed by atoms with Gasteiger partial charge in [-0.05, 0) is 46.3 Å². The molecule has 0 fully saturated rings. The van der Waals surface area contributed by atoms with Gasteiger partial charge in [-0.3, -0.25) is 5.32 Å². The zero-order chi connectivity index (χ0) is 13.5. The van der Waals surface area contributed by atoms with Crippen LogP contribution >= 0.6 is 11.8 Å². The molecule has 4 heteroatoms. The molecule has 0 saturated carbocycles. The Labute approximate surface area is 110 Å². The van der Waals surface area contributed by atoms with Crippen LogP contribution in [0.25, 0.3) is 0 Å². The number of hydrogen-bond donors (Lipinski definition) is 2. The summed E-state index contributed by atoms with van der Waals surface area (Å²) in [4.78, 5) is 0. The average molecular weight is 258 g/mol. The zero-order valence-corrected chi connectivity index (χ0v) is 12.5. The molecular weight excluding hydrogens is 232 g/mol. The van der Waals surface area contributed by atoms with E-state index in [1.54, 1.807) is 11.8 Å². The Hall–Kier alpha value is -0.240. The minimum Gasteiger partial charge on any atom is -0.392 e. The summed E-state index contributed by atoms with van der Waals surface area (Å²) < 4.78 is 0. The summed E-state index contributed by atoms with van der Waals surface area (Å²) in [6.45, 7) is 9.91. The average Bonchev–Trinajstić information content (AvgIpc) is 2.23. The van der Waals surface area contributed by atoms with Crippen LogP contribution in [0.5, 0.6) is 0 Å². The summed E-state index contributed by atoms with van der Waals surface area (Å²) >= 11 is 1.77. The number of thioether (sulfide) groups is 1. The number of nitrogens with zero attached hydrogens (tertiary/aromatic N) is 1. The van der Waals surface area contributed by atoms with E-state index in [0.29, 0.717) is 6.04 Å². The lowest BCUT2D eigenvalue weighted by Crippen LogP contribution is -2.45. The first kappa shape index (κ1) is 16.8. The van der Waals surface area contributed by atoms with Crippen LogP contribution in [0.1, 0.15) is 47.5 Å². The van der Waals surface area contributed by atoms with Crippen LogP contribution in [0.2, 0.25) is 0 Å². The van der Waals surface area contributed by atoms with E-state index in [9.17, 15) is 10.4 Å². The molecule has 100 valence electrons. The molecule has 0 aliphatic rings. The number of hydrogen-bond acceptors (Lipinski definition) is 4. The van der Waals surface area contributed by atoms with Gasteiger partial charge in [-0.15, -0.1) is 0 Å². The highest BCUT2D eigenvalue weighted by atomic mass is 32.2. The minimum atomic E-state index is -0.428. The van der Waals surface area contributed by atoms with Crippen LogP contribution in [0.4, 0.5) is 0 Å². The molecule has 0 heterocycles. The second-order valence-corrected chi connectivity index (χ2v) is 6.65. The largest absolute Gasteiger partial charge is 0.392 e. The van der Waals surface area contributed by atoms with Crippen molar-refractivity contribution >= 4 is 11.8 Å². The van der Waals surface area contributed by atoms with Crippen molar-refractivity contribution in [2.24, 2.45) is 0 Å². The minimum absolute atomic E-state index is 0.265. The van der Waals surface area contributed by atoms with Crippen LogP contribution in [-0.4, -0.2) is 33.8 Å². The standard InChI is InChI=1S/C13H26N2OS/c1-10(2)15-13(5,9-14)7-6-8-17-12(4)11(3)16/h10-12,15-16H,6-8H2,1-5H3. The van der Waals surface area contributed by atoms with E-state index in [4.69, 9.17) is 0 Å². The molecule has 0 radical (unpaired) electrons. The third kappa shape index (κ3) is 7.64. The summed E-state index contributed by atoms with van der Waals surface area (Å²) in [5.74, 6) is 0.989. The maximum atomic E-state index is 9.36. The topological polar surface area (TPSA) is 56.0 Å². The SMILES string of the molecule is CC(C)NC(C)(C#N)CCCSC(C)C(C)O. The van der Waals surface area contributed by atoms with Crippen molar-refractivity contribution in [3.8, 4) is 6.07 Å². The highest BCUT2D eigenvalue weighted by Gasteiger charge is 2.23. The van der Waals surface area contributed by atoms with Gasteiger partial charge in [-0.1, -0.05) is 6.92 Å². The molecule has 0 aromatic heterocycles. The van der Waals surface area contributed by atoms with Crippen molar-refractivity contribution in [3.05, 3.63) is 0 Å². The fourth-order valence-electron chi connectivity index (χ4n) is 1.63. The first-order valence-electron chi connectivity index (χ1n) is 6.29. The molecule has 0 aliphatic heterocycles. The maximum Gasteiger partial charge on any atom is 0.104 e.